The minimum Gasteiger partial charge on any atom is -0.461 e. The van der Waals surface area contributed by atoms with E-state index in [2.05, 4.69) is 16.0 Å². The molecule has 8 heteroatoms. The van der Waals surface area contributed by atoms with Gasteiger partial charge in [-0.05, 0) is 42.7 Å². The first-order chi connectivity index (χ1) is 15.6. The average Bonchev–Trinajstić information content (AvgIpc) is 3.35. The monoisotopic (exact) mass is 453 g/mol. The Bertz CT molecular complexity index is 951. The number of anilines is 1. The van der Waals surface area contributed by atoms with Crippen LogP contribution < -0.4 is 16.0 Å². The second-order valence-electron chi connectivity index (χ2n) is 8.05. The number of hydrogen-bond donors (Lipinski definition) is 3. The van der Waals surface area contributed by atoms with Gasteiger partial charge in [-0.1, -0.05) is 36.8 Å². The van der Waals surface area contributed by atoms with Crippen molar-refractivity contribution in [3.63, 3.8) is 0 Å². The number of thioether (sulfide) groups is 1. The fourth-order valence-corrected chi connectivity index (χ4v) is 5.51. The number of carbonyl (C=O) groups is 3. The van der Waals surface area contributed by atoms with Crippen LogP contribution in [0.5, 0.6) is 0 Å². The van der Waals surface area contributed by atoms with Crippen LogP contribution in [0, 0.1) is 0 Å². The van der Waals surface area contributed by atoms with Crippen molar-refractivity contribution in [1.29, 1.82) is 0 Å². The van der Waals surface area contributed by atoms with Crippen molar-refractivity contribution in [2.24, 2.45) is 0 Å². The predicted molar refractivity (Wildman–Crippen MR) is 125 cm³/mol. The zero-order valence-corrected chi connectivity index (χ0v) is 18.5. The third kappa shape index (κ3) is 5.82. The van der Waals surface area contributed by atoms with Crippen molar-refractivity contribution >= 4 is 35.4 Å². The van der Waals surface area contributed by atoms with Gasteiger partial charge in [0.05, 0.1) is 12.1 Å². The third-order valence-corrected chi connectivity index (χ3v) is 7.21. The SMILES string of the molecule is O=C1NC2CSC(CCCCC(=O)OCc3ccc(C(=O)Nc4ccccc4)cc3)C2N1. The Balaban J connectivity index is 1.13. The molecule has 3 amide bonds. The first-order valence-corrected chi connectivity index (χ1v) is 11.9. The normalized spacial score (nSPS) is 21.4. The van der Waals surface area contributed by atoms with Gasteiger partial charge in [0.2, 0.25) is 0 Å². The number of nitrogens with one attached hydrogen (secondary N) is 3. The minimum absolute atomic E-state index is 0.0706. The Kier molecular flexibility index (Phi) is 7.32. The number of hydrogen-bond acceptors (Lipinski definition) is 5. The van der Waals surface area contributed by atoms with Crippen LogP contribution in [0.3, 0.4) is 0 Å². The van der Waals surface area contributed by atoms with E-state index in [-0.39, 0.29) is 36.6 Å². The molecule has 3 unspecified atom stereocenters. The number of esters is 1. The van der Waals surface area contributed by atoms with Gasteiger partial charge in [-0.15, -0.1) is 0 Å². The molecule has 3 N–H and O–H groups in total. The maximum absolute atomic E-state index is 12.3. The second-order valence-corrected chi connectivity index (χ2v) is 9.32. The number of para-hydroxylation sites is 1. The molecule has 2 aromatic rings. The molecule has 2 saturated heterocycles. The molecule has 2 aromatic carbocycles. The zero-order chi connectivity index (χ0) is 22.3. The first-order valence-electron chi connectivity index (χ1n) is 10.9. The number of carbonyl (C=O) groups excluding carboxylic acids is 3. The number of amides is 3. The van der Waals surface area contributed by atoms with Crippen LogP contribution in [-0.2, 0) is 16.1 Å². The van der Waals surface area contributed by atoms with E-state index in [1.807, 2.05) is 42.1 Å². The molecule has 0 radical (unpaired) electrons. The van der Waals surface area contributed by atoms with Gasteiger partial charge in [-0.25, -0.2) is 4.79 Å². The summed E-state index contributed by atoms with van der Waals surface area (Å²) in [5.74, 6) is 0.547. The Morgan fingerprint density at radius 2 is 1.81 bits per heavy atom. The lowest BCUT2D eigenvalue weighted by molar-refractivity contribution is -0.145. The lowest BCUT2D eigenvalue weighted by Gasteiger charge is -2.16. The van der Waals surface area contributed by atoms with Crippen molar-refractivity contribution in [3.8, 4) is 0 Å². The van der Waals surface area contributed by atoms with Crippen molar-refractivity contribution in [2.45, 2.75) is 49.6 Å². The lowest BCUT2D eigenvalue weighted by atomic mass is 10.0. The molecule has 0 aromatic heterocycles. The van der Waals surface area contributed by atoms with E-state index in [9.17, 15) is 14.4 Å². The highest BCUT2D eigenvalue weighted by Gasteiger charge is 2.42. The summed E-state index contributed by atoms with van der Waals surface area (Å²) in [4.78, 5) is 35.8. The van der Waals surface area contributed by atoms with E-state index in [0.29, 0.717) is 17.2 Å². The van der Waals surface area contributed by atoms with E-state index in [4.69, 9.17) is 4.74 Å². The van der Waals surface area contributed by atoms with E-state index >= 15 is 0 Å². The summed E-state index contributed by atoms with van der Waals surface area (Å²) in [6.45, 7) is 0.194. The number of benzene rings is 2. The summed E-state index contributed by atoms with van der Waals surface area (Å²) in [6.07, 6.45) is 3.06. The topological polar surface area (TPSA) is 96.5 Å². The van der Waals surface area contributed by atoms with Gasteiger partial charge in [0.1, 0.15) is 6.61 Å². The maximum Gasteiger partial charge on any atom is 0.315 e. The quantitative estimate of drug-likeness (QED) is 0.306. The number of unbranched alkanes of at least 4 members (excludes halogenated alkanes) is 1. The Morgan fingerprint density at radius 3 is 2.59 bits per heavy atom. The molecule has 0 aliphatic carbocycles. The Hall–Kier alpha value is -3.00. The van der Waals surface area contributed by atoms with E-state index in [1.165, 1.54) is 0 Å². The molecule has 2 aliphatic heterocycles. The highest BCUT2D eigenvalue weighted by molar-refractivity contribution is 8.00. The summed E-state index contributed by atoms with van der Waals surface area (Å²) in [5, 5.41) is 9.18. The van der Waals surface area contributed by atoms with E-state index < -0.39 is 0 Å². The average molecular weight is 454 g/mol. The number of fused-ring (bicyclic) bond motifs is 1. The molecule has 7 nitrogen and oxygen atoms in total. The van der Waals surface area contributed by atoms with Gasteiger partial charge >= 0.3 is 12.0 Å². The molecule has 0 saturated carbocycles. The zero-order valence-electron chi connectivity index (χ0n) is 17.7. The van der Waals surface area contributed by atoms with Gasteiger partial charge < -0.3 is 20.7 Å². The molecule has 4 rings (SSSR count). The van der Waals surface area contributed by atoms with Gasteiger partial charge in [0.25, 0.3) is 5.91 Å². The van der Waals surface area contributed by atoms with Gasteiger partial charge in [-0.3, -0.25) is 9.59 Å². The van der Waals surface area contributed by atoms with E-state index in [1.54, 1.807) is 24.3 Å². The van der Waals surface area contributed by atoms with Crippen LogP contribution in [-0.4, -0.2) is 41.0 Å². The van der Waals surface area contributed by atoms with Gasteiger partial charge in [-0.2, -0.15) is 11.8 Å². The minimum atomic E-state index is -0.219. The van der Waals surface area contributed by atoms with Crippen LogP contribution in [0.25, 0.3) is 0 Å². The molecule has 32 heavy (non-hydrogen) atoms. The third-order valence-electron chi connectivity index (χ3n) is 5.71. The van der Waals surface area contributed by atoms with E-state index in [0.717, 1.165) is 36.3 Å². The summed E-state index contributed by atoms with van der Waals surface area (Å²) < 4.78 is 5.37. The molecule has 168 valence electrons. The fraction of sp³-hybridized carbons (Fsp3) is 0.375. The Morgan fingerprint density at radius 1 is 1.03 bits per heavy atom. The molecule has 0 bridgehead atoms. The van der Waals surface area contributed by atoms with Crippen LogP contribution in [0.1, 0.15) is 41.6 Å². The number of urea groups is 1. The van der Waals surface area contributed by atoms with Crippen LogP contribution >= 0.6 is 11.8 Å². The smallest absolute Gasteiger partial charge is 0.315 e. The van der Waals surface area contributed by atoms with Crippen molar-refractivity contribution < 1.29 is 19.1 Å². The molecular weight excluding hydrogens is 426 g/mol. The summed E-state index contributed by atoms with van der Waals surface area (Å²) >= 11 is 1.88. The standard InChI is InChI=1S/C24H27N3O4S/c28-21(9-5-4-8-20-22-19(15-32-20)26-24(30)27-22)31-14-16-10-12-17(13-11-16)23(29)25-18-6-2-1-3-7-18/h1-3,6-7,10-13,19-20,22H,4-5,8-9,14-15H2,(H,25,29)(H2,26,27,30). The largest absolute Gasteiger partial charge is 0.461 e. The van der Waals surface area contributed by atoms with Gasteiger partial charge in [0, 0.05) is 28.7 Å². The number of ether oxygens (including phenoxy) is 1. The lowest BCUT2D eigenvalue weighted by Crippen LogP contribution is -2.36. The van der Waals surface area contributed by atoms with Crippen molar-refractivity contribution in [2.75, 3.05) is 11.1 Å². The van der Waals surface area contributed by atoms with Crippen LogP contribution in [0.2, 0.25) is 0 Å². The van der Waals surface area contributed by atoms with Crippen LogP contribution in [0.4, 0.5) is 10.5 Å². The maximum atomic E-state index is 12.3. The van der Waals surface area contributed by atoms with Crippen molar-refractivity contribution in [3.05, 3.63) is 65.7 Å². The Labute approximate surface area is 191 Å². The molecule has 0 spiro atoms. The molecule has 2 fully saturated rings. The highest BCUT2D eigenvalue weighted by atomic mass is 32.2. The summed E-state index contributed by atoms with van der Waals surface area (Å²) in [5.41, 5.74) is 2.13. The fourth-order valence-electron chi connectivity index (χ4n) is 3.97. The molecule has 3 atom stereocenters. The number of rotatable bonds is 9. The molecule has 2 aliphatic rings. The summed E-state index contributed by atoms with van der Waals surface area (Å²) in [7, 11) is 0. The van der Waals surface area contributed by atoms with Crippen LogP contribution in [0.15, 0.2) is 54.6 Å². The second kappa shape index (κ2) is 10.5. The predicted octanol–water partition coefficient (Wildman–Crippen LogP) is 3.71. The summed E-state index contributed by atoms with van der Waals surface area (Å²) in [6, 6.07) is 16.7. The molecule has 2 heterocycles. The molecular formula is C24H27N3O4S. The highest BCUT2D eigenvalue weighted by Crippen LogP contribution is 2.33. The first kappa shape index (κ1) is 22.2. The van der Waals surface area contributed by atoms with Crippen molar-refractivity contribution in [1.82, 2.24) is 10.6 Å². The van der Waals surface area contributed by atoms with Gasteiger partial charge in [0.15, 0.2) is 0 Å².